The summed E-state index contributed by atoms with van der Waals surface area (Å²) < 4.78 is 20.3. The first-order valence-electron chi connectivity index (χ1n) is 5.08. The molecule has 0 saturated heterocycles. The Balaban J connectivity index is 3.01. The molecule has 0 radical (unpaired) electrons. The average molecular weight is 252 g/mol. The van der Waals surface area contributed by atoms with Crippen LogP contribution in [0.2, 0.25) is 0 Å². The molecule has 6 heteroatoms. The minimum absolute atomic E-state index is 0.0520. The van der Waals surface area contributed by atoms with Crippen LogP contribution in [0.3, 0.4) is 0 Å². The van der Waals surface area contributed by atoms with E-state index in [9.17, 15) is 9.90 Å². The first-order valence-corrected chi connectivity index (χ1v) is 5.08. The molecule has 96 valence electrons. The van der Waals surface area contributed by atoms with Gasteiger partial charge in [-0.15, -0.1) is 0 Å². The second-order valence-corrected chi connectivity index (χ2v) is 3.45. The number of methoxy groups -OCH3 is 3. The normalized spacial score (nSPS) is 10.4. The van der Waals surface area contributed by atoms with E-state index in [0.29, 0.717) is 5.39 Å². The van der Waals surface area contributed by atoms with Crippen molar-refractivity contribution in [1.82, 2.24) is 0 Å². The van der Waals surface area contributed by atoms with Gasteiger partial charge >= 0.3 is 5.63 Å². The number of rotatable bonds is 3. The maximum absolute atomic E-state index is 11.3. The monoisotopic (exact) mass is 252 g/mol. The summed E-state index contributed by atoms with van der Waals surface area (Å²) >= 11 is 0. The van der Waals surface area contributed by atoms with Crippen LogP contribution < -0.4 is 19.8 Å². The quantitative estimate of drug-likeness (QED) is 0.834. The van der Waals surface area contributed by atoms with Gasteiger partial charge in [0.25, 0.3) is 0 Å². The Morgan fingerprint density at radius 2 is 1.61 bits per heavy atom. The fraction of sp³-hybridized carbons (Fsp3) is 0.250. The summed E-state index contributed by atoms with van der Waals surface area (Å²) in [6.07, 6.45) is 0. The van der Waals surface area contributed by atoms with Crippen LogP contribution in [0.1, 0.15) is 0 Å². The molecule has 18 heavy (non-hydrogen) atoms. The van der Waals surface area contributed by atoms with Crippen molar-refractivity contribution < 1.29 is 23.7 Å². The molecule has 1 heterocycles. The number of aromatic hydroxyl groups is 1. The second kappa shape index (κ2) is 4.48. The topological polar surface area (TPSA) is 78.1 Å². The van der Waals surface area contributed by atoms with Gasteiger partial charge in [0.05, 0.1) is 26.7 Å². The number of fused-ring (bicyclic) bond motifs is 1. The fourth-order valence-corrected chi connectivity index (χ4v) is 1.79. The van der Waals surface area contributed by atoms with Gasteiger partial charge in [0.2, 0.25) is 17.2 Å². The van der Waals surface area contributed by atoms with Crippen LogP contribution in [0.4, 0.5) is 0 Å². The predicted molar refractivity (Wildman–Crippen MR) is 63.8 cm³/mol. The molecule has 0 aliphatic rings. The summed E-state index contributed by atoms with van der Waals surface area (Å²) in [4.78, 5) is 11.3. The molecule has 6 nitrogen and oxygen atoms in total. The Labute approximate surface area is 102 Å². The smallest absolute Gasteiger partial charge is 0.336 e. The largest absolute Gasteiger partial charge is 0.502 e. The highest BCUT2D eigenvalue weighted by Gasteiger charge is 2.23. The van der Waals surface area contributed by atoms with Crippen molar-refractivity contribution in [2.24, 2.45) is 0 Å². The lowest BCUT2D eigenvalue weighted by Gasteiger charge is -2.14. The first-order chi connectivity index (χ1) is 8.63. The molecule has 0 aliphatic heterocycles. The third-order valence-electron chi connectivity index (χ3n) is 2.53. The molecular formula is C12H12O6. The van der Waals surface area contributed by atoms with E-state index in [0.717, 1.165) is 0 Å². The summed E-state index contributed by atoms with van der Waals surface area (Å²) in [7, 11) is 4.14. The van der Waals surface area contributed by atoms with Gasteiger partial charge in [-0.25, -0.2) is 4.79 Å². The van der Waals surface area contributed by atoms with E-state index in [2.05, 4.69) is 0 Å². The van der Waals surface area contributed by atoms with Gasteiger partial charge in [-0.2, -0.15) is 0 Å². The lowest BCUT2D eigenvalue weighted by molar-refractivity contribution is 0.316. The summed E-state index contributed by atoms with van der Waals surface area (Å²) in [6, 6.07) is 2.72. The molecule has 0 fully saturated rings. The van der Waals surface area contributed by atoms with Gasteiger partial charge in [-0.05, 0) is 6.07 Å². The third-order valence-corrected chi connectivity index (χ3v) is 2.53. The van der Waals surface area contributed by atoms with Crippen LogP contribution >= 0.6 is 0 Å². The Kier molecular flexibility index (Phi) is 3.01. The lowest BCUT2D eigenvalue weighted by atomic mass is 10.1. The van der Waals surface area contributed by atoms with E-state index in [1.165, 1.54) is 33.5 Å². The number of hydrogen-bond acceptors (Lipinski definition) is 6. The first kappa shape index (κ1) is 12.1. The molecule has 1 aromatic carbocycles. The highest BCUT2D eigenvalue weighted by molar-refractivity contribution is 5.94. The van der Waals surface area contributed by atoms with E-state index < -0.39 is 5.63 Å². The predicted octanol–water partition coefficient (Wildman–Crippen LogP) is 1.52. The zero-order valence-corrected chi connectivity index (χ0v) is 10.1. The molecule has 0 saturated carbocycles. The lowest BCUT2D eigenvalue weighted by Crippen LogP contribution is -2.00. The van der Waals surface area contributed by atoms with Crippen LogP contribution in [0.15, 0.2) is 21.3 Å². The molecule has 0 aliphatic carbocycles. The van der Waals surface area contributed by atoms with Crippen LogP contribution in [-0.4, -0.2) is 26.4 Å². The van der Waals surface area contributed by atoms with Crippen LogP contribution in [-0.2, 0) is 0 Å². The van der Waals surface area contributed by atoms with Gasteiger partial charge in [0.1, 0.15) is 0 Å². The molecular weight excluding hydrogens is 240 g/mol. The Morgan fingerprint density at radius 3 is 2.17 bits per heavy atom. The zero-order valence-electron chi connectivity index (χ0n) is 10.1. The number of phenols is 1. The summed E-state index contributed by atoms with van der Waals surface area (Å²) in [5, 5.41) is 10.4. The summed E-state index contributed by atoms with van der Waals surface area (Å²) in [6.45, 7) is 0. The molecule has 1 aromatic heterocycles. The maximum atomic E-state index is 11.3. The van der Waals surface area contributed by atoms with E-state index in [4.69, 9.17) is 18.6 Å². The zero-order chi connectivity index (χ0) is 13.3. The van der Waals surface area contributed by atoms with Gasteiger partial charge < -0.3 is 23.7 Å². The number of benzene rings is 1. The van der Waals surface area contributed by atoms with Gasteiger partial charge in [-0.1, -0.05) is 0 Å². The van der Waals surface area contributed by atoms with Crippen LogP contribution in [0.5, 0.6) is 23.0 Å². The van der Waals surface area contributed by atoms with E-state index in [1.54, 1.807) is 0 Å². The van der Waals surface area contributed by atoms with Crippen molar-refractivity contribution in [1.29, 1.82) is 0 Å². The van der Waals surface area contributed by atoms with E-state index >= 15 is 0 Å². The molecule has 0 unspecified atom stereocenters. The molecule has 0 atom stereocenters. The van der Waals surface area contributed by atoms with Gasteiger partial charge in [0, 0.05) is 6.07 Å². The highest BCUT2D eigenvalue weighted by Crippen LogP contribution is 2.49. The SMILES string of the molecule is COc1c(O)c(OC)c2ccc(=O)oc2c1OC. The fourth-order valence-electron chi connectivity index (χ4n) is 1.79. The van der Waals surface area contributed by atoms with Crippen molar-refractivity contribution >= 4 is 11.0 Å². The minimum atomic E-state index is -0.532. The van der Waals surface area contributed by atoms with Crippen molar-refractivity contribution in [3.05, 3.63) is 22.6 Å². The Hall–Kier alpha value is -2.37. The Bertz CT molecular complexity index is 643. The standard InChI is InChI=1S/C12H12O6/c1-15-9-6-4-5-7(13)18-10(6)12(17-3)11(16-2)8(9)14/h4-5,14H,1-3H3. The molecule has 0 amide bonds. The highest BCUT2D eigenvalue weighted by atomic mass is 16.5. The Morgan fingerprint density at radius 1 is 1.00 bits per heavy atom. The maximum Gasteiger partial charge on any atom is 0.336 e. The average Bonchev–Trinajstić information content (AvgIpc) is 2.37. The van der Waals surface area contributed by atoms with Gasteiger partial charge in [-0.3, -0.25) is 0 Å². The molecule has 2 rings (SSSR count). The van der Waals surface area contributed by atoms with Crippen LogP contribution in [0.25, 0.3) is 11.0 Å². The molecule has 1 N–H and O–H groups in total. The molecule has 0 bridgehead atoms. The summed E-state index contributed by atoms with van der Waals surface area (Å²) in [5.41, 5.74) is -0.368. The summed E-state index contributed by atoms with van der Waals surface area (Å²) in [5.74, 6) is 0.143. The van der Waals surface area contributed by atoms with Crippen molar-refractivity contribution in [2.75, 3.05) is 21.3 Å². The third kappa shape index (κ3) is 1.62. The van der Waals surface area contributed by atoms with Crippen LogP contribution in [0, 0.1) is 0 Å². The van der Waals surface area contributed by atoms with Gasteiger partial charge in [0.15, 0.2) is 11.3 Å². The second-order valence-electron chi connectivity index (χ2n) is 3.45. The van der Waals surface area contributed by atoms with E-state index in [1.807, 2.05) is 0 Å². The van der Waals surface area contributed by atoms with E-state index in [-0.39, 0.29) is 28.6 Å². The van der Waals surface area contributed by atoms with Crippen molar-refractivity contribution in [3.8, 4) is 23.0 Å². The number of ether oxygens (including phenoxy) is 3. The van der Waals surface area contributed by atoms with Crippen molar-refractivity contribution in [3.63, 3.8) is 0 Å². The minimum Gasteiger partial charge on any atom is -0.502 e. The molecule has 0 spiro atoms. The van der Waals surface area contributed by atoms with Crippen molar-refractivity contribution in [2.45, 2.75) is 0 Å². The molecule has 2 aromatic rings. The number of phenolic OH excluding ortho intramolecular Hbond substituents is 1. The number of hydrogen-bond donors (Lipinski definition) is 1.